The number of anilines is 1. The summed E-state index contributed by atoms with van der Waals surface area (Å²) in [5.74, 6) is 0.839. The van der Waals surface area contributed by atoms with Crippen molar-refractivity contribution in [3.63, 3.8) is 0 Å². The van der Waals surface area contributed by atoms with E-state index in [2.05, 4.69) is 5.32 Å². The van der Waals surface area contributed by atoms with Gasteiger partial charge in [-0.2, -0.15) is 0 Å². The molecule has 0 heterocycles. The van der Waals surface area contributed by atoms with Gasteiger partial charge in [0.2, 0.25) is 5.91 Å². The molecule has 7 heteroatoms. The minimum atomic E-state index is -0.162. The summed E-state index contributed by atoms with van der Waals surface area (Å²) < 4.78 is 10.4. The predicted molar refractivity (Wildman–Crippen MR) is 98.0 cm³/mol. The Kier molecular flexibility index (Phi) is 6.60. The number of halogens is 3. The van der Waals surface area contributed by atoms with Crippen LogP contribution in [-0.2, 0) is 11.2 Å². The normalized spacial score (nSPS) is 10.4. The van der Waals surface area contributed by atoms with E-state index in [0.29, 0.717) is 38.7 Å². The van der Waals surface area contributed by atoms with Crippen molar-refractivity contribution in [2.45, 2.75) is 12.8 Å². The third-order valence-corrected chi connectivity index (χ3v) is 4.17. The van der Waals surface area contributed by atoms with Crippen LogP contribution in [0.25, 0.3) is 0 Å². The van der Waals surface area contributed by atoms with Crippen molar-refractivity contribution in [2.24, 2.45) is 0 Å². The van der Waals surface area contributed by atoms with Gasteiger partial charge in [0.25, 0.3) is 0 Å². The highest BCUT2D eigenvalue weighted by Crippen LogP contribution is 2.36. The lowest BCUT2D eigenvalue weighted by molar-refractivity contribution is -0.116. The third kappa shape index (κ3) is 4.69. The highest BCUT2D eigenvalue weighted by atomic mass is 35.5. The average molecular weight is 389 g/mol. The van der Waals surface area contributed by atoms with E-state index in [1.165, 1.54) is 14.2 Å². The fraction of sp³-hybridized carbons (Fsp3) is 0.235. The van der Waals surface area contributed by atoms with E-state index in [1.807, 2.05) is 0 Å². The molecule has 0 aliphatic carbocycles. The number of rotatable bonds is 6. The number of nitrogens with one attached hydrogen (secondary N) is 1. The Hall–Kier alpha value is -1.62. The summed E-state index contributed by atoms with van der Waals surface area (Å²) in [7, 11) is 3.06. The van der Waals surface area contributed by atoms with Crippen LogP contribution >= 0.6 is 34.8 Å². The van der Waals surface area contributed by atoms with Gasteiger partial charge in [0, 0.05) is 11.4 Å². The van der Waals surface area contributed by atoms with Crippen molar-refractivity contribution >= 4 is 46.4 Å². The van der Waals surface area contributed by atoms with Gasteiger partial charge in [0.15, 0.2) is 11.5 Å². The lowest BCUT2D eigenvalue weighted by atomic mass is 10.1. The number of methoxy groups -OCH3 is 2. The van der Waals surface area contributed by atoms with Crippen molar-refractivity contribution in [2.75, 3.05) is 19.5 Å². The fourth-order valence-corrected chi connectivity index (χ4v) is 2.94. The molecule has 0 atom stereocenters. The van der Waals surface area contributed by atoms with Crippen LogP contribution in [0.4, 0.5) is 5.69 Å². The van der Waals surface area contributed by atoms with Crippen LogP contribution in [0, 0.1) is 0 Å². The first-order valence-corrected chi connectivity index (χ1v) is 8.23. The van der Waals surface area contributed by atoms with E-state index in [4.69, 9.17) is 44.3 Å². The zero-order chi connectivity index (χ0) is 17.7. The topological polar surface area (TPSA) is 47.6 Å². The predicted octanol–water partition coefficient (Wildman–Crippen LogP) is 5.24. The van der Waals surface area contributed by atoms with Gasteiger partial charge in [-0.05, 0) is 42.3 Å². The maximum Gasteiger partial charge on any atom is 0.224 e. The minimum absolute atomic E-state index is 0.162. The molecule has 128 valence electrons. The fourth-order valence-electron chi connectivity index (χ4n) is 2.18. The molecule has 0 saturated carbocycles. The Morgan fingerprint density at radius 2 is 1.79 bits per heavy atom. The van der Waals surface area contributed by atoms with Gasteiger partial charge in [-0.1, -0.05) is 34.8 Å². The summed E-state index contributed by atoms with van der Waals surface area (Å²) in [4.78, 5) is 12.1. The van der Waals surface area contributed by atoms with E-state index in [0.717, 1.165) is 5.56 Å². The molecule has 4 nitrogen and oxygen atoms in total. The van der Waals surface area contributed by atoms with E-state index >= 15 is 0 Å². The maximum absolute atomic E-state index is 12.1. The van der Waals surface area contributed by atoms with Crippen LogP contribution < -0.4 is 14.8 Å². The lowest BCUT2D eigenvalue weighted by Gasteiger charge is -2.12. The van der Waals surface area contributed by atoms with Gasteiger partial charge in [0.05, 0.1) is 30.0 Å². The largest absolute Gasteiger partial charge is 0.493 e. The summed E-state index contributed by atoms with van der Waals surface area (Å²) in [5, 5.41) is 4.10. The van der Waals surface area contributed by atoms with Crippen molar-refractivity contribution < 1.29 is 14.3 Å². The molecule has 0 aliphatic heterocycles. The van der Waals surface area contributed by atoms with E-state index in [1.54, 1.807) is 30.3 Å². The second-order valence-electron chi connectivity index (χ2n) is 4.99. The minimum Gasteiger partial charge on any atom is -0.493 e. The molecular formula is C17H16Cl3NO3. The summed E-state index contributed by atoms with van der Waals surface area (Å²) in [6, 6.07) is 8.46. The summed E-state index contributed by atoms with van der Waals surface area (Å²) in [5.41, 5.74) is 1.39. The molecule has 0 spiro atoms. The smallest absolute Gasteiger partial charge is 0.224 e. The van der Waals surface area contributed by atoms with Gasteiger partial charge in [-0.25, -0.2) is 0 Å². The van der Waals surface area contributed by atoms with Crippen molar-refractivity contribution in [3.8, 4) is 11.5 Å². The van der Waals surface area contributed by atoms with Gasteiger partial charge in [-0.15, -0.1) is 0 Å². The number of aryl methyl sites for hydroxylation is 1. The van der Waals surface area contributed by atoms with E-state index in [9.17, 15) is 4.79 Å². The number of amides is 1. The molecule has 0 fully saturated rings. The molecule has 24 heavy (non-hydrogen) atoms. The van der Waals surface area contributed by atoms with E-state index in [-0.39, 0.29) is 12.3 Å². The first kappa shape index (κ1) is 18.7. The molecule has 2 aromatic rings. The molecule has 2 rings (SSSR count). The lowest BCUT2D eigenvalue weighted by Crippen LogP contribution is -2.12. The Morgan fingerprint density at radius 3 is 2.42 bits per heavy atom. The Balaban J connectivity index is 2.02. The maximum atomic E-state index is 12.1. The second-order valence-corrected chi connectivity index (χ2v) is 6.24. The number of carbonyl (C=O) groups excluding carboxylic acids is 1. The van der Waals surface area contributed by atoms with Gasteiger partial charge >= 0.3 is 0 Å². The van der Waals surface area contributed by atoms with Crippen LogP contribution in [0.2, 0.25) is 15.1 Å². The van der Waals surface area contributed by atoms with Crippen LogP contribution in [0.3, 0.4) is 0 Å². The highest BCUT2D eigenvalue weighted by Gasteiger charge is 2.12. The Morgan fingerprint density at radius 1 is 1.04 bits per heavy atom. The summed E-state index contributed by atoms with van der Waals surface area (Å²) in [6.45, 7) is 0. The Bertz CT molecular complexity index is 750. The molecule has 1 N–H and O–H groups in total. The first-order chi connectivity index (χ1) is 11.4. The van der Waals surface area contributed by atoms with Crippen molar-refractivity contribution in [3.05, 3.63) is 51.0 Å². The van der Waals surface area contributed by atoms with Crippen molar-refractivity contribution in [1.29, 1.82) is 0 Å². The van der Waals surface area contributed by atoms with Crippen molar-refractivity contribution in [1.82, 2.24) is 0 Å². The number of carbonyl (C=O) groups is 1. The molecule has 0 radical (unpaired) electrons. The molecule has 2 aromatic carbocycles. The average Bonchev–Trinajstić information content (AvgIpc) is 2.55. The molecule has 0 unspecified atom stereocenters. The standard InChI is InChI=1S/C17H16Cl3NO3/c1-23-15-8-10(7-13(20)17(15)24-2)3-6-16(22)21-14-5-4-11(18)9-12(14)19/h4-5,7-9H,3,6H2,1-2H3,(H,21,22). The molecule has 0 saturated heterocycles. The third-order valence-electron chi connectivity index (χ3n) is 3.34. The van der Waals surface area contributed by atoms with Crippen LogP contribution in [0.15, 0.2) is 30.3 Å². The molecule has 0 aliphatic rings. The molecular weight excluding hydrogens is 373 g/mol. The zero-order valence-electron chi connectivity index (χ0n) is 13.2. The van der Waals surface area contributed by atoms with Gasteiger partial charge in [-0.3, -0.25) is 4.79 Å². The summed E-state index contributed by atoms with van der Waals surface area (Å²) >= 11 is 18.0. The number of ether oxygens (including phenoxy) is 2. The van der Waals surface area contributed by atoms with Gasteiger partial charge in [0.1, 0.15) is 0 Å². The zero-order valence-corrected chi connectivity index (χ0v) is 15.4. The van der Waals surface area contributed by atoms with Crippen LogP contribution in [0.1, 0.15) is 12.0 Å². The van der Waals surface area contributed by atoms with Crippen LogP contribution in [0.5, 0.6) is 11.5 Å². The highest BCUT2D eigenvalue weighted by molar-refractivity contribution is 6.36. The quantitative estimate of drug-likeness (QED) is 0.736. The van der Waals surface area contributed by atoms with Gasteiger partial charge < -0.3 is 14.8 Å². The monoisotopic (exact) mass is 387 g/mol. The summed E-state index contributed by atoms with van der Waals surface area (Å²) in [6.07, 6.45) is 0.766. The first-order valence-electron chi connectivity index (χ1n) is 7.10. The number of hydrogen-bond donors (Lipinski definition) is 1. The van der Waals surface area contributed by atoms with Crippen LogP contribution in [-0.4, -0.2) is 20.1 Å². The number of hydrogen-bond acceptors (Lipinski definition) is 3. The molecule has 1 amide bonds. The number of benzene rings is 2. The second kappa shape index (κ2) is 8.47. The van der Waals surface area contributed by atoms with E-state index < -0.39 is 0 Å². The Labute approximate surface area is 155 Å². The molecule has 0 aromatic heterocycles. The molecule has 0 bridgehead atoms. The SMILES string of the molecule is COc1cc(CCC(=O)Nc2ccc(Cl)cc2Cl)cc(Cl)c1OC.